The Morgan fingerprint density at radius 2 is 1.95 bits per heavy atom. The van der Waals surface area contributed by atoms with E-state index in [1.54, 1.807) is 37.3 Å². The van der Waals surface area contributed by atoms with Crippen LogP contribution in [-0.4, -0.2) is 23.1 Å². The van der Waals surface area contributed by atoms with Gasteiger partial charge in [0.1, 0.15) is 0 Å². The first kappa shape index (κ1) is 14.3. The number of carbonyl (C=O) groups is 2. The monoisotopic (exact) mass is 287 g/mol. The fourth-order valence-electron chi connectivity index (χ4n) is 1.96. The number of hydrazine groups is 2. The summed E-state index contributed by atoms with van der Waals surface area (Å²) in [4.78, 5) is 22.6. The minimum absolute atomic E-state index is 0.0604. The number of amides is 2. The number of benzene rings is 1. The van der Waals surface area contributed by atoms with E-state index in [1.807, 2.05) is 0 Å². The van der Waals surface area contributed by atoms with Crippen LogP contribution in [0.15, 0.2) is 30.3 Å². The van der Waals surface area contributed by atoms with E-state index in [-0.39, 0.29) is 6.42 Å². The molecule has 1 aromatic carbocycles. The van der Waals surface area contributed by atoms with Crippen molar-refractivity contribution in [1.82, 2.24) is 16.0 Å². The van der Waals surface area contributed by atoms with E-state index in [2.05, 4.69) is 5.43 Å². The molecule has 1 aliphatic rings. The number of hydrogen-bond donors (Lipinski definition) is 2. The zero-order valence-corrected chi connectivity index (χ0v) is 10.5. The van der Waals surface area contributed by atoms with Gasteiger partial charge in [0.05, 0.1) is 12.0 Å². The number of rotatable bonds is 2. The van der Waals surface area contributed by atoms with Crippen molar-refractivity contribution in [2.24, 2.45) is 0 Å². The van der Waals surface area contributed by atoms with Gasteiger partial charge in [-0.15, -0.1) is 0 Å². The molecule has 0 bridgehead atoms. The summed E-state index contributed by atoms with van der Waals surface area (Å²) in [5, 5.41) is 0.489. The maximum absolute atomic E-state index is 12.2. The molecule has 2 rings (SSSR count). The van der Waals surface area contributed by atoms with Crippen LogP contribution in [-0.2, 0) is 15.1 Å². The highest BCUT2D eigenvalue weighted by Gasteiger charge is 2.45. The summed E-state index contributed by atoms with van der Waals surface area (Å²) < 4.78 is 36.5. The topological polar surface area (TPSA) is 61.4 Å². The van der Waals surface area contributed by atoms with Crippen LogP contribution in [0.2, 0.25) is 0 Å². The third-order valence-corrected chi connectivity index (χ3v) is 2.99. The van der Waals surface area contributed by atoms with Gasteiger partial charge in [-0.2, -0.15) is 18.3 Å². The van der Waals surface area contributed by atoms with Gasteiger partial charge < -0.3 is 0 Å². The first-order valence-electron chi connectivity index (χ1n) is 5.76. The molecule has 0 radical (unpaired) electrons. The van der Waals surface area contributed by atoms with Gasteiger partial charge in [0.15, 0.2) is 0 Å². The lowest BCUT2D eigenvalue weighted by atomic mass is 9.90. The SMILES string of the molecule is CC1(c2ccccc2)CC(=O)N(NC(=O)C(F)(F)F)N1. The third kappa shape index (κ3) is 2.74. The second-order valence-electron chi connectivity index (χ2n) is 4.65. The van der Waals surface area contributed by atoms with Crippen molar-refractivity contribution in [3.63, 3.8) is 0 Å². The first-order chi connectivity index (χ1) is 9.22. The van der Waals surface area contributed by atoms with E-state index in [0.29, 0.717) is 5.12 Å². The van der Waals surface area contributed by atoms with Crippen molar-refractivity contribution in [3.8, 4) is 0 Å². The Morgan fingerprint density at radius 3 is 2.50 bits per heavy atom. The fraction of sp³-hybridized carbons (Fsp3) is 0.333. The second-order valence-corrected chi connectivity index (χ2v) is 4.65. The Hall–Kier alpha value is -2.09. The van der Waals surface area contributed by atoms with E-state index >= 15 is 0 Å². The van der Waals surface area contributed by atoms with E-state index < -0.39 is 23.5 Å². The Kier molecular flexibility index (Phi) is 3.43. The quantitative estimate of drug-likeness (QED) is 0.860. The molecule has 0 aromatic heterocycles. The molecule has 8 heteroatoms. The highest BCUT2D eigenvalue weighted by atomic mass is 19.4. The molecule has 0 aliphatic carbocycles. The third-order valence-electron chi connectivity index (χ3n) is 2.99. The van der Waals surface area contributed by atoms with Gasteiger partial charge in [0.2, 0.25) is 0 Å². The van der Waals surface area contributed by atoms with Crippen LogP contribution in [0.1, 0.15) is 18.9 Å². The average Bonchev–Trinajstić information content (AvgIpc) is 2.66. The molecule has 0 spiro atoms. The largest absolute Gasteiger partial charge is 0.473 e. The number of alkyl halides is 3. The summed E-state index contributed by atoms with van der Waals surface area (Å²) in [5.41, 5.74) is 3.96. The minimum atomic E-state index is -5.05. The Morgan fingerprint density at radius 1 is 1.35 bits per heavy atom. The molecule has 20 heavy (non-hydrogen) atoms. The van der Waals surface area contributed by atoms with Crippen LogP contribution < -0.4 is 10.9 Å². The Bertz CT molecular complexity index is 532. The number of halogens is 3. The van der Waals surface area contributed by atoms with Gasteiger partial charge in [0.25, 0.3) is 5.91 Å². The molecule has 2 amide bonds. The molecular weight excluding hydrogens is 275 g/mol. The number of hydrogen-bond acceptors (Lipinski definition) is 3. The molecule has 1 heterocycles. The lowest BCUT2D eigenvalue weighted by Crippen LogP contribution is -2.55. The molecule has 1 unspecified atom stereocenters. The summed E-state index contributed by atoms with van der Waals surface area (Å²) in [7, 11) is 0. The van der Waals surface area contributed by atoms with Gasteiger partial charge in [-0.3, -0.25) is 9.59 Å². The normalized spacial score (nSPS) is 23.0. The van der Waals surface area contributed by atoms with Crippen LogP contribution in [0.25, 0.3) is 0 Å². The van der Waals surface area contributed by atoms with E-state index in [9.17, 15) is 22.8 Å². The minimum Gasteiger partial charge on any atom is -0.271 e. The van der Waals surface area contributed by atoms with Crippen molar-refractivity contribution in [2.45, 2.75) is 25.1 Å². The van der Waals surface area contributed by atoms with Crippen LogP contribution in [0.4, 0.5) is 13.2 Å². The molecule has 1 aliphatic heterocycles. The van der Waals surface area contributed by atoms with Crippen LogP contribution in [0.5, 0.6) is 0 Å². The van der Waals surface area contributed by atoms with Gasteiger partial charge in [0, 0.05) is 0 Å². The first-order valence-corrected chi connectivity index (χ1v) is 5.76. The molecule has 1 saturated heterocycles. The molecular formula is C12H12F3N3O2. The standard InChI is InChI=1S/C12H12F3N3O2/c1-11(8-5-3-2-4-6-8)7-9(19)18(17-11)16-10(20)12(13,14)15/h2-6,17H,7H2,1H3,(H,16,20). The lowest BCUT2D eigenvalue weighted by molar-refractivity contribution is -0.181. The molecule has 0 saturated carbocycles. The molecule has 1 fully saturated rings. The van der Waals surface area contributed by atoms with Crippen LogP contribution in [0, 0.1) is 0 Å². The fourth-order valence-corrected chi connectivity index (χ4v) is 1.96. The molecule has 108 valence electrons. The van der Waals surface area contributed by atoms with E-state index in [0.717, 1.165) is 5.56 Å². The van der Waals surface area contributed by atoms with E-state index in [4.69, 9.17) is 0 Å². The summed E-state index contributed by atoms with van der Waals surface area (Å²) in [6, 6.07) is 8.78. The number of nitrogens with zero attached hydrogens (tertiary/aromatic N) is 1. The number of carbonyl (C=O) groups excluding carboxylic acids is 2. The van der Waals surface area contributed by atoms with Crippen molar-refractivity contribution >= 4 is 11.8 Å². The van der Waals surface area contributed by atoms with Gasteiger partial charge in [-0.25, -0.2) is 10.9 Å². The Balaban J connectivity index is 2.13. The second kappa shape index (κ2) is 4.78. The lowest BCUT2D eigenvalue weighted by Gasteiger charge is -2.26. The maximum atomic E-state index is 12.2. The highest BCUT2D eigenvalue weighted by Crippen LogP contribution is 2.30. The molecule has 2 N–H and O–H groups in total. The molecule has 1 aromatic rings. The molecule has 5 nitrogen and oxygen atoms in total. The maximum Gasteiger partial charge on any atom is 0.473 e. The van der Waals surface area contributed by atoms with Crippen molar-refractivity contribution in [3.05, 3.63) is 35.9 Å². The average molecular weight is 287 g/mol. The van der Waals surface area contributed by atoms with Gasteiger partial charge >= 0.3 is 12.1 Å². The highest BCUT2D eigenvalue weighted by molar-refractivity contribution is 5.86. The van der Waals surface area contributed by atoms with Crippen molar-refractivity contribution in [2.75, 3.05) is 0 Å². The van der Waals surface area contributed by atoms with Gasteiger partial charge in [-0.05, 0) is 12.5 Å². The van der Waals surface area contributed by atoms with Crippen LogP contribution >= 0.6 is 0 Å². The summed E-state index contributed by atoms with van der Waals surface area (Å²) >= 11 is 0. The predicted octanol–water partition coefficient (Wildman–Crippen LogP) is 1.23. The Labute approximate surface area is 112 Å². The van der Waals surface area contributed by atoms with Crippen LogP contribution in [0.3, 0.4) is 0 Å². The summed E-state index contributed by atoms with van der Waals surface area (Å²) in [6.45, 7) is 1.67. The van der Waals surface area contributed by atoms with Crippen molar-refractivity contribution in [1.29, 1.82) is 0 Å². The number of nitrogens with one attached hydrogen (secondary N) is 2. The van der Waals surface area contributed by atoms with Gasteiger partial charge in [-0.1, -0.05) is 30.3 Å². The smallest absolute Gasteiger partial charge is 0.271 e. The zero-order valence-electron chi connectivity index (χ0n) is 10.5. The van der Waals surface area contributed by atoms with E-state index in [1.165, 1.54) is 5.43 Å². The van der Waals surface area contributed by atoms with Crippen molar-refractivity contribution < 1.29 is 22.8 Å². The molecule has 1 atom stereocenters. The summed E-state index contributed by atoms with van der Waals surface area (Å²) in [5.74, 6) is -2.84. The summed E-state index contributed by atoms with van der Waals surface area (Å²) in [6.07, 6.45) is -5.11. The zero-order chi connectivity index (χ0) is 15.0. The predicted molar refractivity (Wildman–Crippen MR) is 62.6 cm³/mol.